The van der Waals surface area contributed by atoms with Crippen molar-refractivity contribution in [3.63, 3.8) is 0 Å². The third-order valence-corrected chi connectivity index (χ3v) is 2.49. The zero-order valence-corrected chi connectivity index (χ0v) is 8.93. The lowest BCUT2D eigenvalue weighted by Gasteiger charge is -2.10. The van der Waals surface area contributed by atoms with Crippen LogP contribution < -0.4 is 5.73 Å². The summed E-state index contributed by atoms with van der Waals surface area (Å²) < 4.78 is 0. The van der Waals surface area contributed by atoms with Crippen molar-refractivity contribution in [3.05, 3.63) is 29.8 Å². The number of benzene rings is 1. The zero-order valence-electron chi connectivity index (χ0n) is 8.03. The van der Waals surface area contributed by atoms with Crippen LogP contribution in [0.1, 0.15) is 37.8 Å². The second kappa shape index (κ2) is 5.30. The highest BCUT2D eigenvalue weighted by Gasteiger charge is 2.03. The van der Waals surface area contributed by atoms with E-state index >= 15 is 0 Å². The number of hydrogen-bond donors (Lipinski definition) is 2. The molecule has 1 unspecified atom stereocenters. The molecule has 72 valence electrons. The molecule has 0 saturated carbocycles. The van der Waals surface area contributed by atoms with Crippen LogP contribution in [0.5, 0.6) is 0 Å². The Hall–Kier alpha value is -0.470. The van der Waals surface area contributed by atoms with E-state index in [0.717, 1.165) is 11.3 Å². The summed E-state index contributed by atoms with van der Waals surface area (Å²) in [6.45, 7) is 2.18. The van der Waals surface area contributed by atoms with Crippen LogP contribution in [-0.2, 0) is 0 Å². The molecule has 1 rings (SSSR count). The van der Waals surface area contributed by atoms with Crippen molar-refractivity contribution in [1.82, 2.24) is 0 Å². The molecule has 0 bridgehead atoms. The van der Waals surface area contributed by atoms with E-state index in [9.17, 15) is 0 Å². The highest BCUT2D eigenvalue weighted by Crippen LogP contribution is 2.18. The summed E-state index contributed by atoms with van der Waals surface area (Å²) in [4.78, 5) is 0.992. The maximum atomic E-state index is 6.01. The first kappa shape index (κ1) is 10.6. The highest BCUT2D eigenvalue weighted by atomic mass is 32.1. The molecule has 0 spiro atoms. The third kappa shape index (κ3) is 3.41. The minimum Gasteiger partial charge on any atom is -0.324 e. The Kier molecular flexibility index (Phi) is 4.33. The van der Waals surface area contributed by atoms with E-state index in [-0.39, 0.29) is 6.04 Å². The standard InChI is InChI=1S/C11H17NS/c1-2-3-4-11(12)9-5-7-10(13)8-6-9/h5-8,11,13H,2-4,12H2,1H3. The maximum Gasteiger partial charge on any atom is 0.0294 e. The molecule has 2 N–H and O–H groups in total. The van der Waals surface area contributed by atoms with Gasteiger partial charge >= 0.3 is 0 Å². The summed E-state index contributed by atoms with van der Waals surface area (Å²) in [5, 5.41) is 0. The fourth-order valence-electron chi connectivity index (χ4n) is 1.31. The summed E-state index contributed by atoms with van der Waals surface area (Å²) in [6.07, 6.45) is 3.48. The van der Waals surface area contributed by atoms with E-state index in [1.807, 2.05) is 12.1 Å². The first-order valence-corrected chi connectivity index (χ1v) is 5.23. The van der Waals surface area contributed by atoms with Crippen LogP contribution in [0.25, 0.3) is 0 Å². The van der Waals surface area contributed by atoms with Gasteiger partial charge in [0, 0.05) is 10.9 Å². The van der Waals surface area contributed by atoms with Gasteiger partial charge in [-0.2, -0.15) is 0 Å². The Bertz CT molecular complexity index is 243. The number of hydrogen-bond acceptors (Lipinski definition) is 2. The second-order valence-electron chi connectivity index (χ2n) is 3.34. The molecule has 0 radical (unpaired) electrons. The van der Waals surface area contributed by atoms with Gasteiger partial charge in [0.25, 0.3) is 0 Å². The molecular weight excluding hydrogens is 178 g/mol. The van der Waals surface area contributed by atoms with E-state index in [0.29, 0.717) is 0 Å². The van der Waals surface area contributed by atoms with Crippen LogP contribution in [0.2, 0.25) is 0 Å². The van der Waals surface area contributed by atoms with Gasteiger partial charge in [-0.1, -0.05) is 31.9 Å². The fourth-order valence-corrected chi connectivity index (χ4v) is 1.46. The Morgan fingerprint density at radius 3 is 2.46 bits per heavy atom. The maximum absolute atomic E-state index is 6.01. The average Bonchev–Trinajstić information content (AvgIpc) is 2.15. The lowest BCUT2D eigenvalue weighted by molar-refractivity contribution is 0.603. The van der Waals surface area contributed by atoms with Crippen molar-refractivity contribution in [1.29, 1.82) is 0 Å². The highest BCUT2D eigenvalue weighted by molar-refractivity contribution is 7.80. The van der Waals surface area contributed by atoms with Crippen LogP contribution in [-0.4, -0.2) is 0 Å². The van der Waals surface area contributed by atoms with E-state index in [1.54, 1.807) is 0 Å². The van der Waals surface area contributed by atoms with Gasteiger partial charge < -0.3 is 5.73 Å². The molecule has 0 aliphatic carbocycles. The van der Waals surface area contributed by atoms with E-state index < -0.39 is 0 Å². The van der Waals surface area contributed by atoms with Gasteiger partial charge in [-0.3, -0.25) is 0 Å². The molecule has 1 nitrogen and oxygen atoms in total. The lowest BCUT2D eigenvalue weighted by atomic mass is 10.0. The summed E-state index contributed by atoms with van der Waals surface area (Å²) >= 11 is 4.23. The molecule has 0 aliphatic heterocycles. The molecule has 0 aliphatic rings. The third-order valence-electron chi connectivity index (χ3n) is 2.19. The molecule has 1 aromatic carbocycles. The predicted molar refractivity (Wildman–Crippen MR) is 60.1 cm³/mol. The summed E-state index contributed by atoms with van der Waals surface area (Å²) in [6, 6.07) is 8.29. The molecule has 1 atom stereocenters. The quantitative estimate of drug-likeness (QED) is 0.709. The molecule has 0 amide bonds. The van der Waals surface area contributed by atoms with Crippen LogP contribution in [0.3, 0.4) is 0 Å². The van der Waals surface area contributed by atoms with Crippen molar-refractivity contribution >= 4 is 12.6 Å². The Labute approximate surface area is 85.8 Å². The normalized spacial score (nSPS) is 12.8. The fraction of sp³-hybridized carbons (Fsp3) is 0.455. The van der Waals surface area contributed by atoms with Crippen LogP contribution in [0.4, 0.5) is 0 Å². The number of unbranched alkanes of at least 4 members (excludes halogenated alkanes) is 1. The summed E-state index contributed by atoms with van der Waals surface area (Å²) in [5.74, 6) is 0. The molecule has 0 fully saturated rings. The predicted octanol–water partition coefficient (Wildman–Crippen LogP) is 3.17. The largest absolute Gasteiger partial charge is 0.324 e. The minimum absolute atomic E-state index is 0.189. The van der Waals surface area contributed by atoms with Gasteiger partial charge in [0.15, 0.2) is 0 Å². The van der Waals surface area contributed by atoms with Crippen LogP contribution in [0.15, 0.2) is 29.2 Å². The van der Waals surface area contributed by atoms with Gasteiger partial charge in [0.1, 0.15) is 0 Å². The van der Waals surface area contributed by atoms with Gasteiger partial charge in [0.05, 0.1) is 0 Å². The van der Waals surface area contributed by atoms with Crippen molar-refractivity contribution in [3.8, 4) is 0 Å². The van der Waals surface area contributed by atoms with Gasteiger partial charge in [-0.15, -0.1) is 12.6 Å². The molecule has 13 heavy (non-hydrogen) atoms. The smallest absolute Gasteiger partial charge is 0.0294 e. The van der Waals surface area contributed by atoms with E-state index in [4.69, 9.17) is 5.73 Å². The van der Waals surface area contributed by atoms with Gasteiger partial charge in [-0.25, -0.2) is 0 Å². The molecule has 0 aromatic heterocycles. The van der Waals surface area contributed by atoms with E-state index in [1.165, 1.54) is 18.4 Å². The number of nitrogens with two attached hydrogens (primary N) is 1. The van der Waals surface area contributed by atoms with E-state index in [2.05, 4.69) is 31.7 Å². The molecule has 1 aromatic rings. The zero-order chi connectivity index (χ0) is 9.68. The van der Waals surface area contributed by atoms with Crippen molar-refractivity contribution in [2.24, 2.45) is 5.73 Å². The average molecular weight is 195 g/mol. The van der Waals surface area contributed by atoms with Crippen molar-refractivity contribution in [2.75, 3.05) is 0 Å². The summed E-state index contributed by atoms with van der Waals surface area (Å²) in [5.41, 5.74) is 7.22. The van der Waals surface area contributed by atoms with Crippen molar-refractivity contribution in [2.45, 2.75) is 37.1 Å². The Balaban J connectivity index is 2.55. The van der Waals surface area contributed by atoms with Crippen LogP contribution >= 0.6 is 12.6 Å². The van der Waals surface area contributed by atoms with Crippen LogP contribution in [0, 0.1) is 0 Å². The van der Waals surface area contributed by atoms with Crippen molar-refractivity contribution < 1.29 is 0 Å². The lowest BCUT2D eigenvalue weighted by Crippen LogP contribution is -2.09. The topological polar surface area (TPSA) is 26.0 Å². The SMILES string of the molecule is CCCCC(N)c1ccc(S)cc1. The Morgan fingerprint density at radius 2 is 1.92 bits per heavy atom. The summed E-state index contributed by atoms with van der Waals surface area (Å²) in [7, 11) is 0. The second-order valence-corrected chi connectivity index (χ2v) is 3.86. The first-order valence-electron chi connectivity index (χ1n) is 4.78. The number of thiol groups is 1. The molecule has 2 heteroatoms. The minimum atomic E-state index is 0.189. The molecular formula is C11H17NS. The molecule has 0 saturated heterocycles. The van der Waals surface area contributed by atoms with Gasteiger partial charge in [-0.05, 0) is 24.1 Å². The van der Waals surface area contributed by atoms with Gasteiger partial charge in [0.2, 0.25) is 0 Å². The number of rotatable bonds is 4. The first-order chi connectivity index (χ1) is 6.24. The Morgan fingerprint density at radius 1 is 1.31 bits per heavy atom. The molecule has 0 heterocycles. The monoisotopic (exact) mass is 195 g/mol.